The number of hydrogen-bond donors (Lipinski definition) is 1. The molecule has 1 aromatic heterocycles. The molecule has 21 heavy (non-hydrogen) atoms. The number of nitrogens with zero attached hydrogens (tertiary/aromatic N) is 1. The maximum absolute atomic E-state index is 13.2. The summed E-state index contributed by atoms with van der Waals surface area (Å²) < 4.78 is 18.3. The van der Waals surface area contributed by atoms with Crippen LogP contribution in [0.15, 0.2) is 12.3 Å². The first-order chi connectivity index (χ1) is 9.83. The van der Waals surface area contributed by atoms with E-state index >= 15 is 0 Å². The van der Waals surface area contributed by atoms with Crippen LogP contribution in [0.3, 0.4) is 0 Å². The molecule has 0 fully saturated rings. The van der Waals surface area contributed by atoms with Gasteiger partial charge in [0.25, 0.3) is 0 Å². The predicted octanol–water partition coefficient (Wildman–Crippen LogP) is 2.30. The molecule has 0 spiro atoms. The fourth-order valence-electron chi connectivity index (χ4n) is 1.37. The number of halogens is 1. The Balaban J connectivity index is 2.50. The van der Waals surface area contributed by atoms with Gasteiger partial charge in [0.05, 0.1) is 5.56 Å². The number of ether oxygens (including phenoxy) is 1. The van der Waals surface area contributed by atoms with Crippen LogP contribution in [0, 0.1) is 17.8 Å². The van der Waals surface area contributed by atoms with Gasteiger partial charge in [-0.2, -0.15) is 4.39 Å². The number of carbonyl (C=O) groups excluding carboxylic acids is 2. The van der Waals surface area contributed by atoms with Crippen LogP contribution in [0.5, 0.6) is 0 Å². The van der Waals surface area contributed by atoms with Crippen LogP contribution in [0.1, 0.15) is 43.1 Å². The van der Waals surface area contributed by atoms with Crippen molar-refractivity contribution in [2.45, 2.75) is 32.8 Å². The third-order valence-corrected chi connectivity index (χ3v) is 2.20. The minimum absolute atomic E-state index is 0.162. The molecule has 0 bridgehead atoms. The Morgan fingerprint density at radius 3 is 2.86 bits per heavy atom. The van der Waals surface area contributed by atoms with E-state index in [1.165, 1.54) is 12.3 Å². The lowest BCUT2D eigenvalue weighted by atomic mass is 10.1. The van der Waals surface area contributed by atoms with Crippen molar-refractivity contribution in [3.8, 4) is 11.8 Å². The van der Waals surface area contributed by atoms with Gasteiger partial charge in [-0.1, -0.05) is 11.8 Å². The van der Waals surface area contributed by atoms with Crippen molar-refractivity contribution in [3.63, 3.8) is 0 Å². The van der Waals surface area contributed by atoms with Gasteiger partial charge in [-0.15, -0.1) is 0 Å². The van der Waals surface area contributed by atoms with Crippen molar-refractivity contribution in [1.29, 1.82) is 0 Å². The van der Waals surface area contributed by atoms with Gasteiger partial charge in [0.15, 0.2) is 6.29 Å². The zero-order valence-electron chi connectivity index (χ0n) is 12.2. The van der Waals surface area contributed by atoms with Gasteiger partial charge in [-0.25, -0.2) is 9.78 Å². The Hall–Kier alpha value is -2.42. The fraction of sp³-hybridized carbons (Fsp3) is 0.400. The van der Waals surface area contributed by atoms with Crippen molar-refractivity contribution < 1.29 is 18.7 Å². The van der Waals surface area contributed by atoms with Crippen molar-refractivity contribution in [2.75, 3.05) is 6.54 Å². The summed E-state index contributed by atoms with van der Waals surface area (Å²) in [6.07, 6.45) is 1.45. The van der Waals surface area contributed by atoms with Crippen LogP contribution in [-0.2, 0) is 4.74 Å². The van der Waals surface area contributed by atoms with Crippen molar-refractivity contribution >= 4 is 12.4 Å². The monoisotopic (exact) mass is 292 g/mol. The molecule has 0 saturated carbocycles. The van der Waals surface area contributed by atoms with E-state index in [0.29, 0.717) is 19.3 Å². The molecular formula is C15H17FN2O3. The first-order valence-electron chi connectivity index (χ1n) is 6.39. The summed E-state index contributed by atoms with van der Waals surface area (Å²) in [5.74, 6) is 4.58. The van der Waals surface area contributed by atoms with Crippen LogP contribution in [0.25, 0.3) is 0 Å². The molecule has 0 aliphatic rings. The minimum Gasteiger partial charge on any atom is -0.444 e. The topological polar surface area (TPSA) is 68.3 Å². The number of nitrogens with one attached hydrogen (secondary N) is 1. The quantitative estimate of drug-likeness (QED) is 0.402. The molecular weight excluding hydrogens is 275 g/mol. The van der Waals surface area contributed by atoms with E-state index in [1.54, 1.807) is 20.8 Å². The molecule has 1 amide bonds. The van der Waals surface area contributed by atoms with Gasteiger partial charge in [-0.3, -0.25) is 4.79 Å². The molecule has 0 atom stereocenters. The number of carbonyl (C=O) groups is 2. The number of hydrogen-bond acceptors (Lipinski definition) is 4. The summed E-state index contributed by atoms with van der Waals surface area (Å²) in [5.41, 5.74) is -0.441. The highest BCUT2D eigenvalue weighted by Gasteiger charge is 2.15. The maximum Gasteiger partial charge on any atom is 0.407 e. The highest BCUT2D eigenvalue weighted by Crippen LogP contribution is 2.07. The molecule has 0 aromatic carbocycles. The second kappa shape index (κ2) is 7.39. The molecule has 0 radical (unpaired) electrons. The summed E-state index contributed by atoms with van der Waals surface area (Å²) in [4.78, 5) is 25.5. The van der Waals surface area contributed by atoms with Crippen molar-refractivity contribution in [1.82, 2.24) is 10.3 Å². The Kier molecular flexibility index (Phi) is 5.85. The zero-order chi connectivity index (χ0) is 15.9. The van der Waals surface area contributed by atoms with E-state index < -0.39 is 17.6 Å². The molecule has 1 aromatic rings. The normalized spacial score (nSPS) is 10.3. The Morgan fingerprint density at radius 1 is 1.52 bits per heavy atom. The Labute approximate surface area is 122 Å². The van der Waals surface area contributed by atoms with E-state index in [1.807, 2.05) is 0 Å². The molecule has 1 N–H and O–H groups in total. The number of aromatic nitrogens is 1. The Bertz CT molecular complexity index is 583. The number of aldehydes is 1. The first-order valence-corrected chi connectivity index (χ1v) is 6.39. The molecule has 5 nitrogen and oxygen atoms in total. The maximum atomic E-state index is 13.2. The lowest BCUT2D eigenvalue weighted by Gasteiger charge is -2.19. The van der Waals surface area contributed by atoms with E-state index in [-0.39, 0.29) is 11.1 Å². The van der Waals surface area contributed by atoms with E-state index in [0.717, 1.165) is 0 Å². The molecule has 0 saturated heterocycles. The highest BCUT2D eigenvalue weighted by molar-refractivity contribution is 5.79. The zero-order valence-corrected chi connectivity index (χ0v) is 12.2. The Morgan fingerprint density at radius 2 is 2.24 bits per heavy atom. The van der Waals surface area contributed by atoms with Crippen LogP contribution in [0.2, 0.25) is 0 Å². The van der Waals surface area contributed by atoms with Crippen molar-refractivity contribution in [2.24, 2.45) is 0 Å². The van der Waals surface area contributed by atoms with Crippen LogP contribution < -0.4 is 5.32 Å². The largest absolute Gasteiger partial charge is 0.444 e. The fourth-order valence-corrected chi connectivity index (χ4v) is 1.37. The summed E-state index contributed by atoms with van der Waals surface area (Å²) in [6, 6.07) is 1.46. The van der Waals surface area contributed by atoms with Crippen LogP contribution in [0.4, 0.5) is 9.18 Å². The first kappa shape index (κ1) is 16.6. The summed E-state index contributed by atoms with van der Waals surface area (Å²) in [7, 11) is 0. The van der Waals surface area contributed by atoms with E-state index in [2.05, 4.69) is 22.1 Å². The van der Waals surface area contributed by atoms with Gasteiger partial charge >= 0.3 is 6.09 Å². The average molecular weight is 292 g/mol. The summed E-state index contributed by atoms with van der Waals surface area (Å²) >= 11 is 0. The number of amides is 1. The molecule has 6 heteroatoms. The molecule has 0 aliphatic carbocycles. The SMILES string of the molecule is CC(C)(C)OC(=O)NCCC#Cc1ccnc(F)c1C=O. The standard InChI is InChI=1S/C15H17FN2O3/c1-15(2,3)21-14(20)18-8-5-4-6-11-7-9-17-13(16)12(11)10-19/h7,9-10H,5,8H2,1-3H3,(H,18,20). The lowest BCUT2D eigenvalue weighted by molar-refractivity contribution is 0.0529. The van der Waals surface area contributed by atoms with E-state index in [4.69, 9.17) is 4.74 Å². The van der Waals surface area contributed by atoms with Gasteiger partial charge in [0.2, 0.25) is 5.95 Å². The highest BCUT2D eigenvalue weighted by atomic mass is 19.1. The van der Waals surface area contributed by atoms with Gasteiger partial charge in [0, 0.05) is 24.7 Å². The van der Waals surface area contributed by atoms with Gasteiger partial charge in [0.1, 0.15) is 5.60 Å². The van der Waals surface area contributed by atoms with E-state index in [9.17, 15) is 14.0 Å². The number of alkyl carbamates (subject to hydrolysis) is 1. The van der Waals surface area contributed by atoms with Crippen molar-refractivity contribution in [3.05, 3.63) is 29.3 Å². The second-order valence-corrected chi connectivity index (χ2v) is 5.16. The average Bonchev–Trinajstić information content (AvgIpc) is 2.36. The second-order valence-electron chi connectivity index (χ2n) is 5.16. The van der Waals surface area contributed by atoms with Crippen LogP contribution >= 0.6 is 0 Å². The lowest BCUT2D eigenvalue weighted by Crippen LogP contribution is -2.32. The van der Waals surface area contributed by atoms with Crippen LogP contribution in [-0.4, -0.2) is 29.5 Å². The number of pyridine rings is 1. The number of rotatable bonds is 3. The third-order valence-electron chi connectivity index (χ3n) is 2.20. The predicted molar refractivity (Wildman–Crippen MR) is 75.3 cm³/mol. The molecule has 112 valence electrons. The third kappa shape index (κ3) is 6.04. The molecule has 0 unspecified atom stereocenters. The molecule has 0 aliphatic heterocycles. The van der Waals surface area contributed by atoms with Gasteiger partial charge < -0.3 is 10.1 Å². The molecule has 1 heterocycles. The summed E-state index contributed by atoms with van der Waals surface area (Å²) in [6.45, 7) is 5.61. The minimum atomic E-state index is -0.844. The molecule has 1 rings (SSSR count). The van der Waals surface area contributed by atoms with Gasteiger partial charge in [-0.05, 0) is 26.8 Å². The summed E-state index contributed by atoms with van der Waals surface area (Å²) in [5, 5.41) is 2.55. The smallest absolute Gasteiger partial charge is 0.407 e.